The van der Waals surface area contributed by atoms with Crippen molar-refractivity contribution in [2.45, 2.75) is 26.7 Å². The van der Waals surface area contributed by atoms with Crippen LogP contribution in [0.2, 0.25) is 0 Å². The van der Waals surface area contributed by atoms with Gasteiger partial charge in [-0.1, -0.05) is 59.4 Å². The van der Waals surface area contributed by atoms with Crippen molar-refractivity contribution in [3.8, 4) is 11.8 Å². The number of hydrogen-bond donors (Lipinski definition) is 0. The smallest absolute Gasteiger partial charge is 0.163 e. The first-order valence-electron chi connectivity index (χ1n) is 6.80. The molecule has 0 heterocycles. The van der Waals surface area contributed by atoms with Crippen molar-refractivity contribution in [1.29, 1.82) is 0 Å². The van der Waals surface area contributed by atoms with Gasteiger partial charge in [0.15, 0.2) is 5.78 Å². The topological polar surface area (TPSA) is 17.1 Å². The molecule has 2 aromatic carbocycles. The third kappa shape index (κ3) is 4.10. The Morgan fingerprint density at radius 3 is 2.05 bits per heavy atom. The van der Waals surface area contributed by atoms with Crippen LogP contribution < -0.4 is 0 Å². The molecular weight excluding hydrogens is 244 g/mol. The van der Waals surface area contributed by atoms with Crippen LogP contribution >= 0.6 is 0 Å². The van der Waals surface area contributed by atoms with Crippen LogP contribution in [0.25, 0.3) is 0 Å². The minimum absolute atomic E-state index is 0.156. The van der Waals surface area contributed by atoms with Crippen LogP contribution in [0.15, 0.2) is 48.5 Å². The Bertz CT molecular complexity index is 637. The molecular formula is C19H18O. The first-order chi connectivity index (χ1) is 9.65. The summed E-state index contributed by atoms with van der Waals surface area (Å²) in [5, 5.41) is 0. The Kier molecular flexibility index (Phi) is 4.74. The first-order valence-corrected chi connectivity index (χ1v) is 6.80. The van der Waals surface area contributed by atoms with Crippen LogP contribution in [-0.2, 0) is 0 Å². The second kappa shape index (κ2) is 6.73. The number of aryl methyl sites for hydroxylation is 2. The van der Waals surface area contributed by atoms with Crippen molar-refractivity contribution >= 4 is 5.78 Å². The lowest BCUT2D eigenvalue weighted by Crippen LogP contribution is -1.97. The van der Waals surface area contributed by atoms with Gasteiger partial charge >= 0.3 is 0 Å². The van der Waals surface area contributed by atoms with Crippen molar-refractivity contribution in [3.05, 3.63) is 70.8 Å². The Morgan fingerprint density at radius 2 is 1.45 bits per heavy atom. The molecule has 1 nitrogen and oxygen atoms in total. The van der Waals surface area contributed by atoms with Crippen LogP contribution in [0.1, 0.15) is 39.9 Å². The number of ketones is 1. The average molecular weight is 262 g/mol. The summed E-state index contributed by atoms with van der Waals surface area (Å²) in [6, 6.07) is 15.8. The summed E-state index contributed by atoms with van der Waals surface area (Å²) in [5.74, 6) is 6.30. The largest absolute Gasteiger partial charge is 0.294 e. The number of carbonyl (C=O) groups excluding carboxylic acids is 1. The fraction of sp³-hybridized carbons (Fsp3) is 0.211. The van der Waals surface area contributed by atoms with Gasteiger partial charge in [0.25, 0.3) is 0 Å². The van der Waals surface area contributed by atoms with Gasteiger partial charge in [0.05, 0.1) is 0 Å². The zero-order chi connectivity index (χ0) is 14.4. The Morgan fingerprint density at radius 1 is 0.900 bits per heavy atom. The van der Waals surface area contributed by atoms with Crippen LogP contribution in [0, 0.1) is 25.7 Å². The molecule has 0 N–H and O–H groups in total. The molecule has 0 aliphatic rings. The molecule has 20 heavy (non-hydrogen) atoms. The number of carbonyl (C=O) groups is 1. The molecule has 0 spiro atoms. The van der Waals surface area contributed by atoms with E-state index in [0.29, 0.717) is 12.8 Å². The van der Waals surface area contributed by atoms with Gasteiger partial charge in [-0.3, -0.25) is 4.79 Å². The monoisotopic (exact) mass is 262 g/mol. The van der Waals surface area contributed by atoms with E-state index in [1.54, 1.807) is 0 Å². The van der Waals surface area contributed by atoms with Crippen molar-refractivity contribution < 1.29 is 4.79 Å². The second-order valence-electron chi connectivity index (χ2n) is 4.96. The van der Waals surface area contributed by atoms with Crippen LogP contribution in [0.3, 0.4) is 0 Å². The van der Waals surface area contributed by atoms with Crippen LogP contribution in [0.4, 0.5) is 0 Å². The standard InChI is InChI=1S/C19H18O/c1-15-7-11-17(12-8-15)5-3-4-6-19(20)18-13-9-16(2)10-14-18/h7-14H,4,6H2,1-2H3. The van der Waals surface area contributed by atoms with E-state index in [-0.39, 0.29) is 5.78 Å². The fourth-order valence-corrected chi connectivity index (χ4v) is 1.86. The molecule has 0 aliphatic heterocycles. The molecule has 2 aromatic rings. The molecule has 100 valence electrons. The van der Waals surface area contributed by atoms with Gasteiger partial charge in [0, 0.05) is 24.0 Å². The molecule has 0 unspecified atom stereocenters. The van der Waals surface area contributed by atoms with E-state index in [9.17, 15) is 4.79 Å². The minimum atomic E-state index is 0.156. The van der Waals surface area contributed by atoms with Crippen molar-refractivity contribution in [1.82, 2.24) is 0 Å². The lowest BCUT2D eigenvalue weighted by atomic mass is 10.1. The number of Topliss-reactive ketones (excluding diaryl/α,β-unsaturated/α-hetero) is 1. The van der Waals surface area contributed by atoms with E-state index in [1.807, 2.05) is 55.5 Å². The van der Waals surface area contributed by atoms with Gasteiger partial charge in [-0.2, -0.15) is 0 Å². The van der Waals surface area contributed by atoms with Gasteiger partial charge in [-0.05, 0) is 26.0 Å². The number of benzene rings is 2. The third-order valence-corrected chi connectivity index (χ3v) is 3.13. The van der Waals surface area contributed by atoms with Gasteiger partial charge in [-0.15, -0.1) is 0 Å². The summed E-state index contributed by atoms with van der Waals surface area (Å²) >= 11 is 0. The predicted octanol–water partition coefficient (Wildman–Crippen LogP) is 4.32. The zero-order valence-electron chi connectivity index (χ0n) is 11.9. The van der Waals surface area contributed by atoms with E-state index in [2.05, 4.69) is 18.8 Å². The molecule has 1 heteroatoms. The average Bonchev–Trinajstić information content (AvgIpc) is 2.46. The quantitative estimate of drug-likeness (QED) is 0.595. The van der Waals surface area contributed by atoms with Crippen LogP contribution in [0.5, 0.6) is 0 Å². The molecule has 0 saturated heterocycles. The molecule has 0 atom stereocenters. The van der Waals surface area contributed by atoms with E-state index >= 15 is 0 Å². The van der Waals surface area contributed by atoms with Gasteiger partial charge in [-0.25, -0.2) is 0 Å². The summed E-state index contributed by atoms with van der Waals surface area (Å²) in [6.07, 6.45) is 1.07. The first kappa shape index (κ1) is 14.1. The summed E-state index contributed by atoms with van der Waals surface area (Å²) in [7, 11) is 0. The van der Waals surface area contributed by atoms with E-state index in [0.717, 1.165) is 11.1 Å². The molecule has 0 fully saturated rings. The summed E-state index contributed by atoms with van der Waals surface area (Å²) < 4.78 is 0. The lowest BCUT2D eigenvalue weighted by molar-refractivity contribution is 0.0984. The maximum Gasteiger partial charge on any atom is 0.163 e. The minimum Gasteiger partial charge on any atom is -0.294 e. The van der Waals surface area contributed by atoms with E-state index in [1.165, 1.54) is 11.1 Å². The highest BCUT2D eigenvalue weighted by Crippen LogP contribution is 2.07. The highest BCUT2D eigenvalue weighted by atomic mass is 16.1. The zero-order valence-corrected chi connectivity index (χ0v) is 11.9. The highest BCUT2D eigenvalue weighted by molar-refractivity contribution is 5.96. The lowest BCUT2D eigenvalue weighted by Gasteiger charge is -1.98. The summed E-state index contributed by atoms with van der Waals surface area (Å²) in [6.45, 7) is 4.07. The SMILES string of the molecule is Cc1ccc(C#CCCC(=O)c2ccc(C)cc2)cc1. The van der Waals surface area contributed by atoms with Gasteiger partial charge in [0.1, 0.15) is 0 Å². The van der Waals surface area contributed by atoms with Crippen molar-refractivity contribution in [2.75, 3.05) is 0 Å². The number of rotatable bonds is 3. The maximum atomic E-state index is 11.9. The Hall–Kier alpha value is -2.33. The molecule has 2 rings (SSSR count). The second-order valence-corrected chi connectivity index (χ2v) is 4.96. The highest BCUT2D eigenvalue weighted by Gasteiger charge is 2.03. The summed E-state index contributed by atoms with van der Waals surface area (Å²) in [4.78, 5) is 11.9. The summed E-state index contributed by atoms with van der Waals surface area (Å²) in [5.41, 5.74) is 4.16. The number of hydrogen-bond acceptors (Lipinski definition) is 1. The van der Waals surface area contributed by atoms with Gasteiger partial charge < -0.3 is 0 Å². The Labute approximate surface area is 120 Å². The molecule has 0 aliphatic carbocycles. The molecule has 0 bridgehead atoms. The molecule has 0 saturated carbocycles. The molecule has 0 radical (unpaired) electrons. The maximum absolute atomic E-state index is 11.9. The third-order valence-electron chi connectivity index (χ3n) is 3.13. The van der Waals surface area contributed by atoms with Crippen LogP contribution in [-0.4, -0.2) is 5.78 Å². The van der Waals surface area contributed by atoms with Crippen molar-refractivity contribution in [2.24, 2.45) is 0 Å². The van der Waals surface area contributed by atoms with E-state index in [4.69, 9.17) is 0 Å². The van der Waals surface area contributed by atoms with Crippen molar-refractivity contribution in [3.63, 3.8) is 0 Å². The predicted molar refractivity (Wildman–Crippen MR) is 82.8 cm³/mol. The fourth-order valence-electron chi connectivity index (χ4n) is 1.86. The molecule has 0 amide bonds. The van der Waals surface area contributed by atoms with Gasteiger partial charge in [0.2, 0.25) is 0 Å². The normalized spacial score (nSPS) is 9.70. The molecule has 0 aromatic heterocycles. The van der Waals surface area contributed by atoms with E-state index < -0.39 is 0 Å². The Balaban J connectivity index is 1.88.